The number of anilines is 1. The lowest BCUT2D eigenvalue weighted by atomic mass is 9.84. The first kappa shape index (κ1) is 13.6. The number of rotatable bonds is 1. The Morgan fingerprint density at radius 3 is 2.73 bits per heavy atom. The number of halogens is 2. The Balaban J connectivity index is 1.88. The van der Waals surface area contributed by atoms with Crippen LogP contribution in [0.3, 0.4) is 0 Å². The van der Waals surface area contributed by atoms with E-state index in [1.54, 1.807) is 18.2 Å². The number of carbonyl (C=O) groups is 1. The summed E-state index contributed by atoms with van der Waals surface area (Å²) in [5, 5.41) is 2.81. The Bertz CT molecular complexity index is 793. The number of hydrogen-bond acceptors (Lipinski definition) is 3. The van der Waals surface area contributed by atoms with Crippen LogP contribution in [0.15, 0.2) is 34.8 Å². The lowest BCUT2D eigenvalue weighted by Crippen LogP contribution is -2.24. The van der Waals surface area contributed by atoms with Crippen LogP contribution in [0.25, 0.3) is 0 Å². The summed E-state index contributed by atoms with van der Waals surface area (Å²) in [6.45, 7) is 0.155. The van der Waals surface area contributed by atoms with Crippen molar-refractivity contribution < 1.29 is 18.7 Å². The SMILES string of the molecule is O=C1C[C@@H](c2cc(Br)ccc2F)c2cc3c(cc2N1)OCO3. The molecule has 0 radical (unpaired) electrons. The van der Waals surface area contributed by atoms with Crippen LogP contribution >= 0.6 is 15.9 Å². The normalized spacial score (nSPS) is 18.8. The molecule has 0 aliphatic carbocycles. The van der Waals surface area contributed by atoms with Gasteiger partial charge in [-0.25, -0.2) is 4.39 Å². The maximum Gasteiger partial charge on any atom is 0.231 e. The summed E-state index contributed by atoms with van der Waals surface area (Å²) in [5.41, 5.74) is 1.97. The predicted octanol–water partition coefficient (Wildman–Crippen LogP) is 3.79. The minimum absolute atomic E-state index is 0.143. The second-order valence-electron chi connectivity index (χ2n) is 5.26. The van der Waals surface area contributed by atoms with Gasteiger partial charge in [-0.15, -0.1) is 0 Å². The smallest absolute Gasteiger partial charge is 0.231 e. The molecule has 2 aromatic rings. The molecule has 1 N–H and O–H groups in total. The number of benzene rings is 2. The third-order valence-corrected chi connectivity index (χ3v) is 4.41. The van der Waals surface area contributed by atoms with E-state index in [1.807, 2.05) is 6.07 Å². The zero-order valence-electron chi connectivity index (χ0n) is 11.4. The average molecular weight is 364 g/mol. The van der Waals surface area contributed by atoms with Gasteiger partial charge in [-0.1, -0.05) is 15.9 Å². The maximum atomic E-state index is 14.2. The van der Waals surface area contributed by atoms with Gasteiger partial charge in [0.15, 0.2) is 11.5 Å². The minimum Gasteiger partial charge on any atom is -0.454 e. The highest BCUT2D eigenvalue weighted by atomic mass is 79.9. The molecule has 2 heterocycles. The molecule has 0 spiro atoms. The molecule has 0 unspecified atom stereocenters. The van der Waals surface area contributed by atoms with E-state index in [2.05, 4.69) is 21.2 Å². The van der Waals surface area contributed by atoms with E-state index in [-0.39, 0.29) is 30.9 Å². The van der Waals surface area contributed by atoms with Crippen LogP contribution in [0.1, 0.15) is 23.5 Å². The van der Waals surface area contributed by atoms with Gasteiger partial charge in [-0.2, -0.15) is 0 Å². The van der Waals surface area contributed by atoms with Crippen molar-refractivity contribution in [3.8, 4) is 11.5 Å². The topological polar surface area (TPSA) is 47.6 Å². The van der Waals surface area contributed by atoms with E-state index in [1.165, 1.54) is 6.07 Å². The number of amides is 1. The zero-order chi connectivity index (χ0) is 15.3. The molecule has 0 fully saturated rings. The van der Waals surface area contributed by atoms with E-state index < -0.39 is 0 Å². The van der Waals surface area contributed by atoms with Crippen LogP contribution in [0, 0.1) is 5.82 Å². The Morgan fingerprint density at radius 1 is 1.14 bits per heavy atom. The molecule has 0 saturated heterocycles. The fourth-order valence-corrected chi connectivity index (χ4v) is 3.29. The Labute approximate surface area is 134 Å². The third kappa shape index (κ3) is 2.14. The molecular formula is C16H11BrFNO3. The summed E-state index contributed by atoms with van der Waals surface area (Å²) in [6.07, 6.45) is 0.194. The third-order valence-electron chi connectivity index (χ3n) is 3.92. The predicted molar refractivity (Wildman–Crippen MR) is 81.8 cm³/mol. The Hall–Kier alpha value is -2.08. The van der Waals surface area contributed by atoms with Crippen LogP contribution in [0.5, 0.6) is 11.5 Å². The van der Waals surface area contributed by atoms with Crippen LogP contribution in [-0.4, -0.2) is 12.7 Å². The van der Waals surface area contributed by atoms with Crippen LogP contribution in [0.4, 0.5) is 10.1 Å². The fraction of sp³-hybridized carbons (Fsp3) is 0.188. The van der Waals surface area contributed by atoms with Crippen molar-refractivity contribution in [3.05, 3.63) is 51.7 Å². The first-order chi connectivity index (χ1) is 10.6. The molecule has 0 saturated carbocycles. The molecule has 22 heavy (non-hydrogen) atoms. The monoisotopic (exact) mass is 363 g/mol. The van der Waals surface area contributed by atoms with Gasteiger partial charge < -0.3 is 14.8 Å². The molecule has 112 valence electrons. The highest BCUT2D eigenvalue weighted by molar-refractivity contribution is 9.10. The van der Waals surface area contributed by atoms with Gasteiger partial charge in [0.05, 0.1) is 0 Å². The van der Waals surface area contributed by atoms with Crippen molar-refractivity contribution in [1.82, 2.24) is 0 Å². The van der Waals surface area contributed by atoms with Gasteiger partial charge in [-0.3, -0.25) is 4.79 Å². The summed E-state index contributed by atoms with van der Waals surface area (Å²) in [5.74, 6) is 0.391. The van der Waals surface area contributed by atoms with Gasteiger partial charge in [0.2, 0.25) is 12.7 Å². The van der Waals surface area contributed by atoms with E-state index in [0.717, 1.165) is 10.0 Å². The molecule has 1 amide bonds. The number of hydrogen-bond donors (Lipinski definition) is 1. The molecule has 1 atom stereocenters. The molecule has 6 heteroatoms. The molecule has 2 aromatic carbocycles. The molecule has 2 aliphatic rings. The number of ether oxygens (including phenoxy) is 2. The lowest BCUT2D eigenvalue weighted by molar-refractivity contribution is -0.116. The zero-order valence-corrected chi connectivity index (χ0v) is 12.9. The van der Waals surface area contributed by atoms with E-state index in [9.17, 15) is 9.18 Å². The van der Waals surface area contributed by atoms with Crippen molar-refractivity contribution >= 4 is 27.5 Å². The summed E-state index contributed by atoms with van der Waals surface area (Å²) < 4.78 is 25.7. The second kappa shape index (κ2) is 4.98. The molecule has 4 rings (SSSR count). The summed E-state index contributed by atoms with van der Waals surface area (Å²) in [4.78, 5) is 12.0. The van der Waals surface area contributed by atoms with Crippen molar-refractivity contribution in [2.45, 2.75) is 12.3 Å². The maximum absolute atomic E-state index is 14.2. The molecule has 0 aromatic heterocycles. The fourth-order valence-electron chi connectivity index (χ4n) is 2.91. The first-order valence-corrected chi connectivity index (χ1v) is 7.59. The van der Waals surface area contributed by atoms with Crippen molar-refractivity contribution in [3.63, 3.8) is 0 Å². The molecule has 2 aliphatic heterocycles. The van der Waals surface area contributed by atoms with Crippen molar-refractivity contribution in [2.24, 2.45) is 0 Å². The second-order valence-corrected chi connectivity index (χ2v) is 6.18. The molecule has 4 nitrogen and oxygen atoms in total. The molecular weight excluding hydrogens is 353 g/mol. The summed E-state index contributed by atoms with van der Waals surface area (Å²) in [6, 6.07) is 8.31. The number of carbonyl (C=O) groups excluding carboxylic acids is 1. The number of fused-ring (bicyclic) bond motifs is 2. The quantitative estimate of drug-likeness (QED) is 0.838. The van der Waals surface area contributed by atoms with E-state index in [4.69, 9.17) is 9.47 Å². The largest absolute Gasteiger partial charge is 0.454 e. The van der Waals surface area contributed by atoms with Crippen LogP contribution < -0.4 is 14.8 Å². The first-order valence-electron chi connectivity index (χ1n) is 6.80. The van der Waals surface area contributed by atoms with Crippen molar-refractivity contribution in [2.75, 3.05) is 12.1 Å². The summed E-state index contributed by atoms with van der Waals surface area (Å²) >= 11 is 3.36. The Morgan fingerprint density at radius 2 is 1.91 bits per heavy atom. The van der Waals surface area contributed by atoms with Gasteiger partial charge in [0.25, 0.3) is 0 Å². The van der Waals surface area contributed by atoms with Gasteiger partial charge in [-0.05, 0) is 35.4 Å². The lowest BCUT2D eigenvalue weighted by Gasteiger charge is -2.26. The minimum atomic E-state index is -0.351. The van der Waals surface area contributed by atoms with Gasteiger partial charge in [0.1, 0.15) is 5.82 Å². The van der Waals surface area contributed by atoms with E-state index >= 15 is 0 Å². The van der Waals surface area contributed by atoms with Crippen molar-refractivity contribution in [1.29, 1.82) is 0 Å². The standard InChI is InChI=1S/C16H11BrFNO3/c17-8-1-2-12(18)10(3-8)9-5-16(20)19-13-6-15-14(4-11(9)13)21-7-22-15/h1-4,6,9H,5,7H2,(H,19,20)/t9-/m0/s1. The van der Waals surface area contributed by atoms with E-state index in [0.29, 0.717) is 22.7 Å². The number of nitrogens with one attached hydrogen (secondary N) is 1. The van der Waals surface area contributed by atoms with Crippen LogP contribution in [-0.2, 0) is 4.79 Å². The van der Waals surface area contributed by atoms with Crippen LogP contribution in [0.2, 0.25) is 0 Å². The van der Waals surface area contributed by atoms with Gasteiger partial charge >= 0.3 is 0 Å². The average Bonchev–Trinajstić information content (AvgIpc) is 2.94. The highest BCUT2D eigenvalue weighted by Gasteiger charge is 2.31. The Kier molecular flexibility index (Phi) is 3.07. The summed E-state index contributed by atoms with van der Waals surface area (Å²) in [7, 11) is 0. The molecule has 0 bridgehead atoms. The highest BCUT2D eigenvalue weighted by Crippen LogP contribution is 2.45. The van der Waals surface area contributed by atoms with Gasteiger partial charge in [0, 0.05) is 28.6 Å².